The van der Waals surface area contributed by atoms with Crippen LogP contribution in [-0.4, -0.2) is 60.5 Å². The molecule has 58 heavy (non-hydrogen) atoms. The Morgan fingerprint density at radius 3 is 1.36 bits per heavy atom. The van der Waals surface area contributed by atoms with E-state index in [0.717, 1.165) is 33.4 Å². The summed E-state index contributed by atoms with van der Waals surface area (Å²) >= 11 is 0. The molecule has 302 valence electrons. The highest BCUT2D eigenvalue weighted by Crippen LogP contribution is 2.54. The van der Waals surface area contributed by atoms with Crippen LogP contribution in [-0.2, 0) is 51.6 Å². The Balaban J connectivity index is 1.97. The van der Waals surface area contributed by atoms with E-state index in [1.165, 1.54) is 13.8 Å². The number of ether oxygens (including phenoxy) is 3. The van der Waals surface area contributed by atoms with Crippen molar-refractivity contribution in [2.45, 2.75) is 51.9 Å². The van der Waals surface area contributed by atoms with Gasteiger partial charge in [-0.3, -0.25) is 0 Å². The third-order valence-corrected chi connectivity index (χ3v) is 9.96. The van der Waals surface area contributed by atoms with Crippen LogP contribution in [0.2, 0.25) is 0 Å². The lowest BCUT2D eigenvalue weighted by Crippen LogP contribution is -2.42. The van der Waals surface area contributed by atoms with Gasteiger partial charge in [-0.25, -0.2) is 19.2 Å². The van der Waals surface area contributed by atoms with E-state index in [4.69, 9.17) is 14.2 Å². The Morgan fingerprint density at radius 1 is 0.569 bits per heavy atom. The lowest BCUT2D eigenvalue weighted by Gasteiger charge is -2.47. The molecule has 0 aliphatic rings. The van der Waals surface area contributed by atoms with Gasteiger partial charge in [-0.05, 0) is 67.5 Å². The zero-order valence-corrected chi connectivity index (χ0v) is 33.6. The summed E-state index contributed by atoms with van der Waals surface area (Å²) in [5.41, 5.74) is 4.96. The number of allylic oxidation sites excluding steroid dienone is 2. The third kappa shape index (κ3) is 11.6. The fourth-order valence-corrected chi connectivity index (χ4v) is 6.97. The zero-order chi connectivity index (χ0) is 42.2. The maximum atomic E-state index is 12.6. The van der Waals surface area contributed by atoms with Crippen LogP contribution in [0.5, 0.6) is 0 Å². The summed E-state index contributed by atoms with van der Waals surface area (Å²) in [5.74, 6) is -4.47. The first-order chi connectivity index (χ1) is 27.7. The molecular weight excluding hydrogens is 733 g/mol. The Bertz CT molecular complexity index is 2040. The first kappa shape index (κ1) is 44.4. The summed E-state index contributed by atoms with van der Waals surface area (Å²) in [4.78, 5) is 49.0. The van der Waals surface area contributed by atoms with Crippen molar-refractivity contribution in [1.29, 1.82) is 0 Å². The second-order valence-corrected chi connectivity index (χ2v) is 14.3. The first-order valence-corrected chi connectivity index (χ1v) is 19.1. The van der Waals surface area contributed by atoms with Crippen molar-refractivity contribution in [3.63, 3.8) is 0 Å². The number of hydrogen-bond acceptors (Lipinski definition) is 7. The van der Waals surface area contributed by atoms with Crippen LogP contribution in [0.15, 0.2) is 157 Å². The van der Waals surface area contributed by atoms with Crippen molar-refractivity contribution in [1.82, 2.24) is 0 Å². The predicted octanol–water partition coefficient (Wildman–Crippen LogP) is 8.82. The van der Waals surface area contributed by atoms with Crippen molar-refractivity contribution >= 4 is 23.9 Å². The quantitative estimate of drug-likeness (QED) is 0.0483. The smallest absolute Gasteiger partial charge is 0.333 e. The molecule has 0 spiro atoms. The van der Waals surface area contributed by atoms with Gasteiger partial charge in [0, 0.05) is 46.0 Å². The van der Waals surface area contributed by atoms with Gasteiger partial charge in [-0.15, -0.1) is 0 Å². The van der Waals surface area contributed by atoms with E-state index >= 15 is 0 Å². The van der Waals surface area contributed by atoms with Gasteiger partial charge in [-0.2, -0.15) is 0 Å². The normalized spacial score (nSPS) is 13.3. The number of rotatable bonds is 21. The van der Waals surface area contributed by atoms with Gasteiger partial charge in [0.05, 0.1) is 19.8 Å². The van der Waals surface area contributed by atoms with Crippen LogP contribution in [0.4, 0.5) is 0 Å². The highest BCUT2D eigenvalue weighted by Gasteiger charge is 2.48. The highest BCUT2D eigenvalue weighted by atomic mass is 16.6. The monoisotopic (exact) mass is 784 g/mol. The van der Waals surface area contributed by atoms with Gasteiger partial charge in [0.1, 0.15) is 6.61 Å². The van der Waals surface area contributed by atoms with E-state index < -0.39 is 41.1 Å². The fourth-order valence-electron chi connectivity index (χ4n) is 6.97. The maximum absolute atomic E-state index is 12.6. The van der Waals surface area contributed by atoms with Crippen molar-refractivity contribution in [2.75, 3.05) is 26.4 Å². The van der Waals surface area contributed by atoms with Gasteiger partial charge in [0.15, 0.2) is 0 Å². The minimum absolute atomic E-state index is 0.0577. The molecule has 9 heteroatoms. The van der Waals surface area contributed by atoms with Crippen molar-refractivity contribution in [3.05, 3.63) is 190 Å². The molecule has 0 bridgehead atoms. The molecule has 0 amide bonds. The molecule has 0 radical (unpaired) electrons. The molecule has 4 aromatic rings. The predicted molar refractivity (Wildman–Crippen MR) is 224 cm³/mol. The van der Waals surface area contributed by atoms with Gasteiger partial charge < -0.3 is 24.4 Å². The van der Waals surface area contributed by atoms with Crippen molar-refractivity contribution < 1.29 is 43.6 Å². The summed E-state index contributed by atoms with van der Waals surface area (Å²) in [6, 6.07) is 35.8. The molecule has 0 aromatic heterocycles. The summed E-state index contributed by atoms with van der Waals surface area (Å²) < 4.78 is 16.3. The molecule has 0 saturated heterocycles. The number of aliphatic carboxylic acids is 2. The lowest BCUT2D eigenvalue weighted by molar-refractivity contribution is -0.140. The zero-order valence-electron chi connectivity index (χ0n) is 33.6. The van der Waals surface area contributed by atoms with Crippen LogP contribution in [0.25, 0.3) is 0 Å². The summed E-state index contributed by atoms with van der Waals surface area (Å²) in [6.07, 6.45) is 4.31. The van der Waals surface area contributed by atoms with E-state index in [0.29, 0.717) is 30.6 Å². The largest absolute Gasteiger partial charge is 0.478 e. The Morgan fingerprint density at radius 2 is 0.966 bits per heavy atom. The Hall–Kier alpha value is -6.32. The second kappa shape index (κ2) is 21.3. The molecule has 0 heterocycles. The number of carboxylic acids is 2. The van der Waals surface area contributed by atoms with E-state index in [1.807, 2.05) is 109 Å². The number of benzene rings is 4. The molecule has 0 saturated carbocycles. The Labute approximate surface area is 341 Å². The summed E-state index contributed by atoms with van der Waals surface area (Å²) in [7, 11) is 0. The minimum atomic E-state index is -1.15. The molecule has 0 fully saturated rings. The topological polar surface area (TPSA) is 136 Å². The SMILES string of the molecule is C=C(C)C(=O)OCCOCCc1ccc(C(c2ccc(CCOC(=O)C(=C)C)cc2)(C(C=C(C)C(=O)O)C=C(C)C(=O)O)C(c2ccccc2)c2ccccc2)cc1. The van der Waals surface area contributed by atoms with Gasteiger partial charge in [0.2, 0.25) is 0 Å². The number of esters is 2. The third-order valence-electron chi connectivity index (χ3n) is 9.96. The van der Waals surface area contributed by atoms with E-state index in [9.17, 15) is 29.4 Å². The van der Waals surface area contributed by atoms with Gasteiger partial charge in [-0.1, -0.05) is 135 Å². The molecule has 1 atom stereocenters. The first-order valence-electron chi connectivity index (χ1n) is 19.1. The molecule has 4 aromatic carbocycles. The van der Waals surface area contributed by atoms with E-state index in [-0.39, 0.29) is 31.0 Å². The standard InChI is InChI=1S/C49H52O9/c1-33(2)47(54)57-28-26-38-19-23-42(24-20-38)49(43(31-35(5)45(50)51)32-36(6)46(52)53,44(39-13-9-7-10-14-39)40-15-11-8-12-16-40)41-21-17-37(18-22-41)25-27-56-29-30-58-48(55)34(3)4/h7-24,31-32,43-44H,1,3,25-30H2,2,4-6H3,(H,50,51)(H,52,53). The van der Waals surface area contributed by atoms with E-state index in [1.54, 1.807) is 26.0 Å². The molecule has 0 aliphatic heterocycles. The van der Waals surface area contributed by atoms with Crippen LogP contribution >= 0.6 is 0 Å². The van der Waals surface area contributed by atoms with Crippen LogP contribution in [0, 0.1) is 5.92 Å². The van der Waals surface area contributed by atoms with Gasteiger partial charge in [0.25, 0.3) is 0 Å². The number of hydrogen-bond donors (Lipinski definition) is 2. The minimum Gasteiger partial charge on any atom is -0.478 e. The van der Waals surface area contributed by atoms with E-state index in [2.05, 4.69) is 13.2 Å². The lowest BCUT2D eigenvalue weighted by atomic mass is 9.55. The fraction of sp³-hybridized carbons (Fsp3) is 0.265. The summed E-state index contributed by atoms with van der Waals surface area (Å²) in [6.45, 7) is 14.3. The number of carbonyl (C=O) groups is 4. The molecule has 2 N–H and O–H groups in total. The average Bonchev–Trinajstić information content (AvgIpc) is 3.21. The highest BCUT2D eigenvalue weighted by molar-refractivity contribution is 5.88. The maximum Gasteiger partial charge on any atom is 0.333 e. The number of carboxylic acid groups (broad SMARTS) is 2. The van der Waals surface area contributed by atoms with Crippen LogP contribution in [0.1, 0.15) is 67.0 Å². The van der Waals surface area contributed by atoms with Crippen LogP contribution < -0.4 is 0 Å². The summed E-state index contributed by atoms with van der Waals surface area (Å²) in [5, 5.41) is 20.6. The average molecular weight is 785 g/mol. The van der Waals surface area contributed by atoms with Crippen LogP contribution in [0.3, 0.4) is 0 Å². The molecule has 0 aliphatic carbocycles. The molecule has 1 unspecified atom stereocenters. The Kier molecular flexibility index (Phi) is 16.3. The molecule has 9 nitrogen and oxygen atoms in total. The van der Waals surface area contributed by atoms with Gasteiger partial charge >= 0.3 is 23.9 Å². The second-order valence-electron chi connectivity index (χ2n) is 14.3. The van der Waals surface area contributed by atoms with Crippen molar-refractivity contribution in [2.24, 2.45) is 5.92 Å². The van der Waals surface area contributed by atoms with Crippen molar-refractivity contribution in [3.8, 4) is 0 Å². The number of carbonyl (C=O) groups excluding carboxylic acids is 2. The molecular formula is C49H52O9. The molecule has 4 rings (SSSR count).